The van der Waals surface area contributed by atoms with Crippen LogP contribution in [0.4, 0.5) is 0 Å². The highest BCUT2D eigenvalue weighted by Crippen LogP contribution is 1.91. The van der Waals surface area contributed by atoms with Gasteiger partial charge in [-0.25, -0.2) is 0 Å². The van der Waals surface area contributed by atoms with Crippen molar-refractivity contribution in [2.45, 2.75) is 6.10 Å². The van der Waals surface area contributed by atoms with E-state index in [4.69, 9.17) is 14.0 Å². The van der Waals surface area contributed by atoms with Crippen molar-refractivity contribution in [3.05, 3.63) is 0 Å². The standard InChI is InChI=1S/C4H14B4O3/c1-9-4(2-10-7)3-11-8(5)6/h4H,2-3,5-7H2,1H3. The largest absolute Gasteiger partial charge is 0.452 e. The summed E-state index contributed by atoms with van der Waals surface area (Å²) < 4.78 is 15.4. The number of rotatable bonds is 6. The summed E-state index contributed by atoms with van der Waals surface area (Å²) in [7, 11) is 7.31. The first-order chi connectivity index (χ1) is 5.20. The fourth-order valence-corrected chi connectivity index (χ4v) is 0.670. The van der Waals surface area contributed by atoms with Crippen LogP contribution >= 0.6 is 0 Å². The van der Waals surface area contributed by atoms with Gasteiger partial charge >= 0.3 is 0 Å². The molecule has 0 fully saturated rings. The number of hydrogen-bond donors (Lipinski definition) is 0. The van der Waals surface area contributed by atoms with E-state index < -0.39 is 0 Å². The molecule has 7 heteroatoms. The number of ether oxygens (including phenoxy) is 1. The summed E-state index contributed by atoms with van der Waals surface area (Å²) in [5.41, 5.74) is 0. The van der Waals surface area contributed by atoms with Crippen LogP contribution in [-0.2, 0) is 14.0 Å². The lowest BCUT2D eigenvalue weighted by atomic mass is 9.32. The zero-order valence-corrected chi connectivity index (χ0v) is 7.79. The molecule has 0 spiro atoms. The molecule has 0 aliphatic carbocycles. The Morgan fingerprint density at radius 1 is 1.36 bits per heavy atom. The van der Waals surface area contributed by atoms with Crippen molar-refractivity contribution in [2.75, 3.05) is 20.3 Å². The van der Waals surface area contributed by atoms with E-state index in [0.29, 0.717) is 13.2 Å². The van der Waals surface area contributed by atoms with Gasteiger partial charge in [-0.2, -0.15) is 0 Å². The zero-order chi connectivity index (χ0) is 8.69. The first kappa shape index (κ1) is 11.1. The average Bonchev–Trinajstić information content (AvgIpc) is 1.97. The number of hydrogen-bond acceptors (Lipinski definition) is 3. The van der Waals surface area contributed by atoms with Gasteiger partial charge in [-0.15, -0.1) is 0 Å². The molecule has 60 valence electrons. The van der Waals surface area contributed by atoms with Gasteiger partial charge in [-0.1, -0.05) is 0 Å². The maximum Gasteiger partial charge on any atom is 0.257 e. The zero-order valence-electron chi connectivity index (χ0n) is 7.79. The summed E-state index contributed by atoms with van der Waals surface area (Å²) in [5.74, 6) is 0. The van der Waals surface area contributed by atoms with Crippen LogP contribution in [0.25, 0.3) is 0 Å². The van der Waals surface area contributed by atoms with Crippen LogP contribution in [0, 0.1) is 0 Å². The maximum atomic E-state index is 5.34. The topological polar surface area (TPSA) is 27.7 Å². The Bertz CT molecular complexity index is 91.4. The van der Waals surface area contributed by atoms with Crippen LogP contribution in [0.15, 0.2) is 0 Å². The molecule has 0 aromatic heterocycles. The van der Waals surface area contributed by atoms with Gasteiger partial charge in [-0.3, -0.25) is 0 Å². The molecule has 1 atom stereocenters. The van der Waals surface area contributed by atoms with E-state index in [1.54, 1.807) is 15.2 Å². The van der Waals surface area contributed by atoms with Gasteiger partial charge < -0.3 is 14.0 Å². The fraction of sp³-hybridized carbons (Fsp3) is 1.00. The highest BCUT2D eigenvalue weighted by Gasteiger charge is 2.07. The van der Waals surface area contributed by atoms with Crippen molar-refractivity contribution in [3.8, 4) is 0 Å². The summed E-state index contributed by atoms with van der Waals surface area (Å²) >= 11 is 0. The Balaban J connectivity index is 3.35. The van der Waals surface area contributed by atoms with Crippen molar-refractivity contribution in [2.24, 2.45) is 0 Å². The van der Waals surface area contributed by atoms with E-state index >= 15 is 0 Å². The lowest BCUT2D eigenvalue weighted by Crippen LogP contribution is -2.30. The molecule has 0 aliphatic rings. The van der Waals surface area contributed by atoms with Crippen molar-refractivity contribution < 1.29 is 14.0 Å². The Labute approximate surface area is 71.5 Å². The molecule has 0 aromatic carbocycles. The lowest BCUT2D eigenvalue weighted by Gasteiger charge is -2.16. The van der Waals surface area contributed by atoms with Gasteiger partial charge in [0.05, 0.1) is 13.2 Å². The van der Waals surface area contributed by atoms with E-state index in [-0.39, 0.29) is 12.8 Å². The third-order valence-electron chi connectivity index (χ3n) is 1.30. The van der Waals surface area contributed by atoms with Crippen LogP contribution in [0.2, 0.25) is 0 Å². The highest BCUT2D eigenvalue weighted by molar-refractivity contribution is 7.26. The molecule has 11 heavy (non-hydrogen) atoms. The van der Waals surface area contributed by atoms with E-state index in [0.717, 1.165) is 0 Å². The SMILES string of the molecule is BOCC(COB(B)B)OC. The van der Waals surface area contributed by atoms with Crippen LogP contribution in [0.5, 0.6) is 0 Å². The molecule has 0 heterocycles. The minimum Gasteiger partial charge on any atom is -0.452 e. The minimum atomic E-state index is 0.0578. The summed E-state index contributed by atoms with van der Waals surface area (Å²) in [6.07, 6.45) is 0.0578. The molecule has 0 rings (SSSR count). The molecule has 0 bridgehead atoms. The molecule has 0 amide bonds. The third-order valence-corrected chi connectivity index (χ3v) is 1.30. The van der Waals surface area contributed by atoms with Crippen LogP contribution in [-0.4, -0.2) is 56.6 Å². The lowest BCUT2D eigenvalue weighted by molar-refractivity contribution is 0.0271. The molecule has 0 saturated heterocycles. The van der Waals surface area contributed by atoms with Gasteiger partial charge in [0.15, 0.2) is 0 Å². The van der Waals surface area contributed by atoms with Crippen molar-refractivity contribution in [1.82, 2.24) is 0 Å². The predicted molar refractivity (Wildman–Crippen MR) is 54.1 cm³/mol. The normalized spacial score (nSPS) is 12.8. The molecule has 0 aliphatic heterocycles. The van der Waals surface area contributed by atoms with Crippen LogP contribution in [0.3, 0.4) is 0 Å². The van der Waals surface area contributed by atoms with Gasteiger partial charge in [0.1, 0.15) is 21.6 Å². The molecule has 3 nitrogen and oxygen atoms in total. The molecule has 0 aromatic rings. The van der Waals surface area contributed by atoms with Crippen LogP contribution < -0.4 is 0 Å². The van der Waals surface area contributed by atoms with E-state index in [2.05, 4.69) is 0 Å². The first-order valence-electron chi connectivity index (χ1n) is 3.84. The molecule has 1 unspecified atom stereocenters. The highest BCUT2D eigenvalue weighted by atomic mass is 16.5. The van der Waals surface area contributed by atoms with Gasteiger partial charge in [0.2, 0.25) is 6.70 Å². The van der Waals surface area contributed by atoms with Crippen molar-refractivity contribution >= 4 is 30.2 Å². The van der Waals surface area contributed by atoms with Gasteiger partial charge in [-0.05, 0) is 0 Å². The predicted octanol–water partition coefficient (Wildman–Crippen LogP) is -3.17. The van der Waals surface area contributed by atoms with Crippen molar-refractivity contribution in [1.29, 1.82) is 0 Å². The smallest absolute Gasteiger partial charge is 0.257 e. The number of methoxy groups -OCH3 is 1. The van der Waals surface area contributed by atoms with E-state index in [9.17, 15) is 0 Å². The first-order valence-corrected chi connectivity index (χ1v) is 3.84. The Morgan fingerprint density at radius 3 is 2.36 bits per heavy atom. The Morgan fingerprint density at radius 2 is 2.00 bits per heavy atom. The van der Waals surface area contributed by atoms with Gasteiger partial charge in [0, 0.05) is 7.11 Å². The summed E-state index contributed by atoms with van der Waals surface area (Å²) in [6, 6.07) is 0. The second-order valence-electron chi connectivity index (χ2n) is 2.70. The third kappa shape index (κ3) is 6.53. The van der Waals surface area contributed by atoms with E-state index in [1.165, 1.54) is 0 Å². The summed E-state index contributed by atoms with van der Waals surface area (Å²) in [6.45, 7) is 1.44. The van der Waals surface area contributed by atoms with Gasteiger partial charge in [0.25, 0.3) is 8.05 Å². The Hall–Kier alpha value is 0.140. The monoisotopic (exact) mass is 154 g/mol. The van der Waals surface area contributed by atoms with Crippen LogP contribution in [0.1, 0.15) is 0 Å². The quantitative estimate of drug-likeness (QED) is 0.377. The minimum absolute atomic E-state index is 0.0578. The summed E-state index contributed by atoms with van der Waals surface area (Å²) in [4.78, 5) is 0. The fourth-order valence-electron chi connectivity index (χ4n) is 0.670. The van der Waals surface area contributed by atoms with Crippen molar-refractivity contribution in [3.63, 3.8) is 0 Å². The Kier molecular flexibility index (Phi) is 6.91. The second-order valence-corrected chi connectivity index (χ2v) is 2.70. The molecule has 0 saturated carbocycles. The second kappa shape index (κ2) is 6.83. The summed E-state index contributed by atoms with van der Waals surface area (Å²) in [5, 5.41) is 0. The molecular formula is C4H14B4O3. The average molecular weight is 153 g/mol. The molecule has 0 N–H and O–H groups in total. The molecule has 0 radical (unpaired) electrons. The maximum absolute atomic E-state index is 5.34. The molecular weight excluding hydrogens is 139 g/mol. The van der Waals surface area contributed by atoms with E-state index in [1.807, 2.05) is 15.5 Å².